The molecule has 6 nitrogen and oxygen atoms in total. The zero-order chi connectivity index (χ0) is 17.3. The van der Waals surface area contributed by atoms with Crippen molar-refractivity contribution in [2.45, 2.75) is 40.3 Å². The minimum atomic E-state index is -0.176. The largest absolute Gasteiger partial charge is 0.310 e. The Balaban J connectivity index is 1.85. The molecule has 0 unspecified atom stereocenters. The number of amides is 1. The summed E-state index contributed by atoms with van der Waals surface area (Å²) in [6.07, 6.45) is 0.955. The van der Waals surface area contributed by atoms with Crippen molar-refractivity contribution in [2.24, 2.45) is 0 Å². The van der Waals surface area contributed by atoms with Gasteiger partial charge in [-0.15, -0.1) is 0 Å². The molecule has 3 aromatic rings. The van der Waals surface area contributed by atoms with E-state index in [1.807, 2.05) is 42.7 Å². The molecule has 2 heterocycles. The van der Waals surface area contributed by atoms with Gasteiger partial charge in [-0.1, -0.05) is 30.7 Å². The number of aromatic nitrogens is 4. The summed E-state index contributed by atoms with van der Waals surface area (Å²) in [5, 5.41) is 7.79. The van der Waals surface area contributed by atoms with Gasteiger partial charge < -0.3 is 4.57 Å². The van der Waals surface area contributed by atoms with E-state index in [0.717, 1.165) is 35.4 Å². The number of rotatable bonds is 5. The van der Waals surface area contributed by atoms with Crippen LogP contribution in [0.3, 0.4) is 0 Å². The van der Waals surface area contributed by atoms with Gasteiger partial charge in [0.1, 0.15) is 6.54 Å². The number of hydrogen-bond acceptors (Lipinski definition) is 3. The van der Waals surface area contributed by atoms with Gasteiger partial charge in [0.2, 0.25) is 11.9 Å². The Morgan fingerprint density at radius 3 is 2.71 bits per heavy atom. The van der Waals surface area contributed by atoms with Crippen molar-refractivity contribution < 1.29 is 4.79 Å². The van der Waals surface area contributed by atoms with Crippen LogP contribution in [0.2, 0.25) is 5.02 Å². The molecule has 1 aromatic carbocycles. The lowest BCUT2D eigenvalue weighted by Gasteiger charge is -2.09. The summed E-state index contributed by atoms with van der Waals surface area (Å²) in [5.41, 5.74) is 3.39. The number of aryl methyl sites for hydroxylation is 2. The highest BCUT2D eigenvalue weighted by molar-refractivity contribution is 6.31. The highest BCUT2D eigenvalue weighted by Gasteiger charge is 2.15. The zero-order valence-electron chi connectivity index (χ0n) is 14.0. The molecular weight excluding hydrogens is 326 g/mol. The van der Waals surface area contributed by atoms with Gasteiger partial charge in [0.15, 0.2) is 0 Å². The highest BCUT2D eigenvalue weighted by atomic mass is 35.5. The van der Waals surface area contributed by atoms with Gasteiger partial charge in [-0.2, -0.15) is 5.10 Å². The van der Waals surface area contributed by atoms with Gasteiger partial charge in [0.25, 0.3) is 0 Å². The predicted octanol–water partition coefficient (Wildman–Crippen LogP) is 3.55. The molecule has 0 spiro atoms. The Morgan fingerprint density at radius 1 is 1.29 bits per heavy atom. The highest BCUT2D eigenvalue weighted by Crippen LogP contribution is 2.21. The summed E-state index contributed by atoms with van der Waals surface area (Å²) in [5.74, 6) is 0.389. The number of carbonyl (C=O) groups excluding carboxylic acids is 1. The number of fused-ring (bicyclic) bond motifs is 1. The number of nitrogens with one attached hydrogen (secondary N) is 1. The van der Waals surface area contributed by atoms with E-state index in [4.69, 9.17) is 11.6 Å². The van der Waals surface area contributed by atoms with Crippen LogP contribution in [-0.2, 0) is 17.9 Å². The second kappa shape index (κ2) is 6.65. The smallest absolute Gasteiger partial charge is 0.248 e. The van der Waals surface area contributed by atoms with E-state index in [1.54, 1.807) is 4.68 Å². The van der Waals surface area contributed by atoms with Crippen molar-refractivity contribution in [3.05, 3.63) is 40.7 Å². The third-order valence-electron chi connectivity index (χ3n) is 3.94. The molecule has 0 saturated carbocycles. The first-order chi connectivity index (χ1) is 11.5. The minimum Gasteiger partial charge on any atom is -0.310 e. The van der Waals surface area contributed by atoms with Crippen molar-refractivity contribution in [3.63, 3.8) is 0 Å². The van der Waals surface area contributed by atoms with Crippen LogP contribution in [-0.4, -0.2) is 25.2 Å². The minimum absolute atomic E-state index is 0.106. The number of carbonyl (C=O) groups is 1. The fourth-order valence-corrected chi connectivity index (χ4v) is 2.89. The number of hydrogen-bond donors (Lipinski definition) is 1. The molecule has 0 radical (unpaired) electrons. The van der Waals surface area contributed by atoms with Gasteiger partial charge in [0, 0.05) is 6.54 Å². The van der Waals surface area contributed by atoms with E-state index in [2.05, 4.69) is 22.3 Å². The molecule has 0 fully saturated rings. The van der Waals surface area contributed by atoms with Crippen molar-refractivity contribution in [2.75, 3.05) is 5.32 Å². The van der Waals surface area contributed by atoms with Crippen LogP contribution >= 0.6 is 11.6 Å². The maximum Gasteiger partial charge on any atom is 0.248 e. The van der Waals surface area contributed by atoms with Crippen LogP contribution in [0.15, 0.2) is 24.3 Å². The molecule has 24 heavy (non-hydrogen) atoms. The van der Waals surface area contributed by atoms with E-state index in [1.165, 1.54) is 0 Å². The lowest BCUT2D eigenvalue weighted by molar-refractivity contribution is -0.117. The lowest BCUT2D eigenvalue weighted by Crippen LogP contribution is -2.22. The van der Waals surface area contributed by atoms with E-state index < -0.39 is 0 Å². The van der Waals surface area contributed by atoms with Crippen LogP contribution in [0.1, 0.15) is 24.7 Å². The van der Waals surface area contributed by atoms with E-state index in [0.29, 0.717) is 11.0 Å². The third kappa shape index (κ3) is 3.01. The average molecular weight is 346 g/mol. The van der Waals surface area contributed by atoms with E-state index in [-0.39, 0.29) is 12.5 Å². The van der Waals surface area contributed by atoms with Crippen LogP contribution in [0.4, 0.5) is 5.95 Å². The Bertz CT molecular complexity index is 896. The molecule has 0 atom stereocenters. The second-order valence-corrected chi connectivity index (χ2v) is 6.14. The van der Waals surface area contributed by atoms with Crippen molar-refractivity contribution in [1.82, 2.24) is 19.3 Å². The zero-order valence-corrected chi connectivity index (χ0v) is 14.8. The van der Waals surface area contributed by atoms with Gasteiger partial charge in [-0.25, -0.2) is 4.98 Å². The summed E-state index contributed by atoms with van der Waals surface area (Å²) in [4.78, 5) is 17.0. The molecule has 2 aromatic heterocycles. The van der Waals surface area contributed by atoms with Crippen molar-refractivity contribution in [1.29, 1.82) is 0 Å². The first kappa shape index (κ1) is 16.5. The third-order valence-corrected chi connectivity index (χ3v) is 4.49. The number of anilines is 1. The molecule has 7 heteroatoms. The van der Waals surface area contributed by atoms with Crippen LogP contribution in [0.5, 0.6) is 0 Å². The maximum atomic E-state index is 12.4. The van der Waals surface area contributed by atoms with Gasteiger partial charge in [-0.05, 0) is 32.4 Å². The summed E-state index contributed by atoms with van der Waals surface area (Å²) < 4.78 is 3.64. The fourth-order valence-electron chi connectivity index (χ4n) is 2.75. The SMILES string of the molecule is CCCn1c(NC(=O)Cn2nc(C)c(Cl)c2C)nc2ccccc21. The predicted molar refractivity (Wildman–Crippen MR) is 95.4 cm³/mol. The molecule has 126 valence electrons. The number of halogens is 1. The second-order valence-electron chi connectivity index (χ2n) is 5.77. The quantitative estimate of drug-likeness (QED) is 0.769. The Kier molecular flexibility index (Phi) is 4.57. The summed E-state index contributed by atoms with van der Waals surface area (Å²) in [6.45, 7) is 6.67. The Morgan fingerprint density at radius 2 is 2.04 bits per heavy atom. The van der Waals surface area contributed by atoms with E-state index >= 15 is 0 Å². The Labute approximate surface area is 145 Å². The molecule has 0 aliphatic heterocycles. The van der Waals surface area contributed by atoms with Gasteiger partial charge in [0.05, 0.1) is 27.4 Å². The summed E-state index contributed by atoms with van der Waals surface area (Å²) >= 11 is 6.13. The number of para-hydroxylation sites is 2. The topological polar surface area (TPSA) is 64.7 Å². The molecule has 0 saturated heterocycles. The molecule has 3 rings (SSSR count). The lowest BCUT2D eigenvalue weighted by atomic mass is 10.3. The maximum absolute atomic E-state index is 12.4. The first-order valence-corrected chi connectivity index (χ1v) is 8.33. The molecule has 1 amide bonds. The number of benzene rings is 1. The van der Waals surface area contributed by atoms with Crippen LogP contribution in [0.25, 0.3) is 11.0 Å². The van der Waals surface area contributed by atoms with Gasteiger partial charge >= 0.3 is 0 Å². The van der Waals surface area contributed by atoms with Gasteiger partial charge in [-0.3, -0.25) is 14.8 Å². The van der Waals surface area contributed by atoms with Crippen molar-refractivity contribution >= 4 is 34.5 Å². The average Bonchev–Trinajstić information content (AvgIpc) is 3.01. The van der Waals surface area contributed by atoms with Crippen LogP contribution in [0, 0.1) is 13.8 Å². The summed E-state index contributed by atoms with van der Waals surface area (Å²) in [6, 6.07) is 7.86. The van der Waals surface area contributed by atoms with Crippen molar-refractivity contribution in [3.8, 4) is 0 Å². The molecule has 0 bridgehead atoms. The standard InChI is InChI=1S/C17H20ClN5O/c1-4-9-22-14-8-6-5-7-13(14)19-17(22)20-15(24)10-23-12(3)16(18)11(2)21-23/h5-8H,4,9-10H2,1-3H3,(H,19,20,24). The molecule has 1 N–H and O–H groups in total. The number of nitrogens with zero attached hydrogens (tertiary/aromatic N) is 4. The number of imidazole rings is 1. The molecule has 0 aliphatic carbocycles. The first-order valence-electron chi connectivity index (χ1n) is 7.96. The molecular formula is C17H20ClN5O. The fraction of sp³-hybridized carbons (Fsp3) is 0.353. The monoisotopic (exact) mass is 345 g/mol. The normalized spacial score (nSPS) is 11.2. The van der Waals surface area contributed by atoms with Crippen LogP contribution < -0.4 is 5.32 Å². The Hall–Kier alpha value is -2.34. The summed E-state index contributed by atoms with van der Waals surface area (Å²) in [7, 11) is 0. The molecule has 0 aliphatic rings. The van der Waals surface area contributed by atoms with E-state index in [9.17, 15) is 4.79 Å².